The van der Waals surface area contributed by atoms with E-state index in [-0.39, 0.29) is 0 Å². The summed E-state index contributed by atoms with van der Waals surface area (Å²) in [5.41, 5.74) is 8.29. The molecule has 1 atom stereocenters. The van der Waals surface area contributed by atoms with Crippen LogP contribution in [0.5, 0.6) is 0 Å². The van der Waals surface area contributed by atoms with Crippen molar-refractivity contribution in [2.24, 2.45) is 0 Å². The molecule has 1 aromatic heterocycles. The number of nitrogens with zero attached hydrogens (tertiary/aromatic N) is 2. The molecule has 2 N–H and O–H groups in total. The number of benzene rings is 1. The zero-order valence-corrected chi connectivity index (χ0v) is 11.4. The summed E-state index contributed by atoms with van der Waals surface area (Å²) in [6.45, 7) is 4.84. The standard InChI is InChI=1S/C13H17N3OS/c1-3-16-9-15-10(2)13(16)8-18(17)12-6-4-11(14)5-7-12/h4-7,9H,3,8,14H2,1-2H3/t18-/m1/s1. The maximum absolute atomic E-state index is 12.3. The van der Waals surface area contributed by atoms with Gasteiger partial charge in [0.2, 0.25) is 0 Å². The highest BCUT2D eigenvalue weighted by Crippen LogP contribution is 2.19. The van der Waals surface area contributed by atoms with Crippen molar-refractivity contribution >= 4 is 16.9 Å². The summed E-state index contributed by atoms with van der Waals surface area (Å²) in [6, 6.07) is 7.18. The highest BCUT2D eigenvalue weighted by atomic mass is 32.2. The average molecular weight is 263 g/mol. The third kappa shape index (κ3) is 2.68. The van der Waals surface area contributed by atoms with Crippen molar-refractivity contribution in [1.29, 1.82) is 0 Å². The maximum atomic E-state index is 12.3. The van der Waals surface area contributed by atoms with Gasteiger partial charge in [0, 0.05) is 12.2 Å². The van der Waals surface area contributed by atoms with Crippen LogP contribution in [-0.2, 0) is 23.5 Å². The van der Waals surface area contributed by atoms with Gasteiger partial charge in [0.25, 0.3) is 0 Å². The van der Waals surface area contributed by atoms with E-state index in [1.54, 1.807) is 18.5 Å². The SMILES string of the molecule is CCn1cnc(C)c1C[S@@+]([O-])c1ccc(N)cc1. The van der Waals surface area contributed by atoms with E-state index >= 15 is 0 Å². The molecule has 0 aliphatic carbocycles. The Kier molecular flexibility index (Phi) is 3.93. The first-order valence-electron chi connectivity index (χ1n) is 5.86. The molecule has 0 spiro atoms. The molecule has 18 heavy (non-hydrogen) atoms. The number of hydrogen-bond donors (Lipinski definition) is 1. The largest absolute Gasteiger partial charge is 0.611 e. The third-order valence-corrected chi connectivity index (χ3v) is 4.24. The second-order valence-corrected chi connectivity index (χ2v) is 5.57. The lowest BCUT2D eigenvalue weighted by molar-refractivity contribution is 0.591. The molecule has 0 aliphatic rings. The molecule has 1 heterocycles. The fraction of sp³-hybridized carbons (Fsp3) is 0.308. The first-order valence-corrected chi connectivity index (χ1v) is 7.18. The molecule has 4 nitrogen and oxygen atoms in total. The quantitative estimate of drug-likeness (QED) is 0.678. The van der Waals surface area contributed by atoms with E-state index in [1.165, 1.54) is 0 Å². The van der Waals surface area contributed by atoms with Crippen molar-refractivity contribution < 1.29 is 4.55 Å². The van der Waals surface area contributed by atoms with Crippen LogP contribution in [-0.4, -0.2) is 14.1 Å². The Morgan fingerprint density at radius 3 is 2.61 bits per heavy atom. The van der Waals surface area contributed by atoms with Gasteiger partial charge >= 0.3 is 0 Å². The van der Waals surface area contributed by atoms with E-state index < -0.39 is 11.2 Å². The van der Waals surface area contributed by atoms with Gasteiger partial charge in [0.05, 0.1) is 17.7 Å². The summed E-state index contributed by atoms with van der Waals surface area (Å²) in [6.07, 6.45) is 1.80. The van der Waals surface area contributed by atoms with Crippen molar-refractivity contribution in [2.75, 3.05) is 5.73 Å². The Morgan fingerprint density at radius 1 is 1.33 bits per heavy atom. The lowest BCUT2D eigenvalue weighted by Gasteiger charge is -2.12. The van der Waals surface area contributed by atoms with E-state index in [9.17, 15) is 4.55 Å². The molecule has 2 rings (SSSR count). The van der Waals surface area contributed by atoms with Crippen molar-refractivity contribution in [1.82, 2.24) is 9.55 Å². The normalized spacial score (nSPS) is 12.6. The van der Waals surface area contributed by atoms with Gasteiger partial charge in [-0.05, 0) is 49.3 Å². The van der Waals surface area contributed by atoms with E-state index in [2.05, 4.69) is 11.9 Å². The molecule has 0 aliphatic heterocycles. The lowest BCUT2D eigenvalue weighted by Crippen LogP contribution is -2.10. The van der Waals surface area contributed by atoms with Crippen LogP contribution >= 0.6 is 0 Å². The lowest BCUT2D eigenvalue weighted by atomic mass is 10.3. The van der Waals surface area contributed by atoms with Gasteiger partial charge in [-0.2, -0.15) is 0 Å². The van der Waals surface area contributed by atoms with E-state index in [4.69, 9.17) is 5.73 Å². The van der Waals surface area contributed by atoms with Crippen LogP contribution in [0.3, 0.4) is 0 Å². The first kappa shape index (κ1) is 13.0. The topological polar surface area (TPSA) is 66.9 Å². The summed E-state index contributed by atoms with van der Waals surface area (Å²) in [5, 5.41) is 0. The summed E-state index contributed by atoms with van der Waals surface area (Å²) >= 11 is -1.06. The number of imidazole rings is 1. The highest BCUT2D eigenvalue weighted by molar-refractivity contribution is 7.90. The summed E-state index contributed by atoms with van der Waals surface area (Å²) in [7, 11) is 0. The smallest absolute Gasteiger partial charge is 0.153 e. The van der Waals surface area contributed by atoms with E-state index in [1.807, 2.05) is 23.6 Å². The number of aryl methyl sites for hydroxylation is 2. The predicted octanol–water partition coefficient (Wildman–Crippen LogP) is 2.10. The first-order chi connectivity index (χ1) is 8.61. The van der Waals surface area contributed by atoms with Crippen molar-refractivity contribution in [3.05, 3.63) is 42.0 Å². The van der Waals surface area contributed by atoms with Crippen LogP contribution in [0.25, 0.3) is 0 Å². The monoisotopic (exact) mass is 263 g/mol. The Hall–Kier alpha value is -1.46. The van der Waals surface area contributed by atoms with Gasteiger partial charge in [-0.25, -0.2) is 4.98 Å². The molecular formula is C13H17N3OS. The zero-order chi connectivity index (χ0) is 13.1. The molecule has 0 bridgehead atoms. The molecule has 0 radical (unpaired) electrons. The number of aromatic nitrogens is 2. The molecule has 0 unspecified atom stereocenters. The van der Waals surface area contributed by atoms with Crippen LogP contribution < -0.4 is 5.73 Å². The van der Waals surface area contributed by atoms with Crippen molar-refractivity contribution in [2.45, 2.75) is 31.0 Å². The van der Waals surface area contributed by atoms with Crippen LogP contribution in [0.15, 0.2) is 35.5 Å². The van der Waals surface area contributed by atoms with Gasteiger partial charge < -0.3 is 14.9 Å². The van der Waals surface area contributed by atoms with Crippen LogP contribution in [0.2, 0.25) is 0 Å². The number of anilines is 1. The van der Waals surface area contributed by atoms with Crippen LogP contribution in [0, 0.1) is 6.92 Å². The zero-order valence-electron chi connectivity index (χ0n) is 10.6. The second kappa shape index (κ2) is 5.46. The molecule has 0 amide bonds. The molecular weight excluding hydrogens is 246 g/mol. The number of nitrogens with two attached hydrogens (primary N) is 1. The molecule has 0 saturated heterocycles. The van der Waals surface area contributed by atoms with Gasteiger partial charge in [-0.15, -0.1) is 0 Å². The molecule has 96 valence electrons. The summed E-state index contributed by atoms with van der Waals surface area (Å²) < 4.78 is 14.3. The summed E-state index contributed by atoms with van der Waals surface area (Å²) in [5.74, 6) is 0.490. The minimum absolute atomic E-state index is 0.490. The van der Waals surface area contributed by atoms with Gasteiger partial charge in [-0.3, -0.25) is 0 Å². The fourth-order valence-electron chi connectivity index (χ4n) is 1.80. The fourth-order valence-corrected chi connectivity index (χ4v) is 3.02. The minimum Gasteiger partial charge on any atom is -0.611 e. The number of rotatable bonds is 4. The Morgan fingerprint density at radius 2 is 2.00 bits per heavy atom. The molecule has 0 saturated carbocycles. The van der Waals surface area contributed by atoms with Crippen molar-refractivity contribution in [3.8, 4) is 0 Å². The Labute approximate surface area is 110 Å². The number of hydrogen-bond acceptors (Lipinski definition) is 3. The summed E-state index contributed by atoms with van der Waals surface area (Å²) in [4.78, 5) is 5.06. The van der Waals surface area contributed by atoms with Crippen LogP contribution in [0.1, 0.15) is 18.3 Å². The highest BCUT2D eigenvalue weighted by Gasteiger charge is 2.16. The molecule has 5 heteroatoms. The van der Waals surface area contributed by atoms with E-state index in [0.29, 0.717) is 11.4 Å². The second-order valence-electron chi connectivity index (χ2n) is 4.12. The molecule has 2 aromatic rings. The number of nitrogen functional groups attached to an aromatic ring is 1. The van der Waals surface area contributed by atoms with Gasteiger partial charge in [0.1, 0.15) is 0 Å². The van der Waals surface area contributed by atoms with E-state index in [0.717, 1.165) is 22.8 Å². The minimum atomic E-state index is -1.06. The molecule has 0 fully saturated rings. The third-order valence-electron chi connectivity index (χ3n) is 2.91. The van der Waals surface area contributed by atoms with Gasteiger partial charge in [0.15, 0.2) is 10.6 Å². The van der Waals surface area contributed by atoms with Gasteiger partial charge in [-0.1, -0.05) is 0 Å². The predicted molar refractivity (Wildman–Crippen MR) is 73.6 cm³/mol. The van der Waals surface area contributed by atoms with Crippen LogP contribution in [0.4, 0.5) is 5.69 Å². The Balaban J connectivity index is 2.18. The Bertz CT molecular complexity index is 522. The average Bonchev–Trinajstić information content (AvgIpc) is 2.71. The van der Waals surface area contributed by atoms with Crippen molar-refractivity contribution in [3.63, 3.8) is 0 Å². The maximum Gasteiger partial charge on any atom is 0.153 e. The molecule has 1 aromatic carbocycles.